The maximum absolute atomic E-state index is 13.3. The van der Waals surface area contributed by atoms with Gasteiger partial charge in [0.05, 0.1) is 45.6 Å². The minimum Gasteiger partial charge on any atom is -0.497 e. The van der Waals surface area contributed by atoms with Gasteiger partial charge in [-0.05, 0) is 37.3 Å². The number of rotatable bonds is 8. The van der Waals surface area contributed by atoms with Crippen LogP contribution >= 0.6 is 11.3 Å². The van der Waals surface area contributed by atoms with Crippen molar-refractivity contribution in [3.8, 4) is 11.5 Å². The lowest BCUT2D eigenvalue weighted by atomic mass is 10.2. The third-order valence-electron chi connectivity index (χ3n) is 4.30. The van der Waals surface area contributed by atoms with Gasteiger partial charge in [-0.25, -0.2) is 4.98 Å². The summed E-state index contributed by atoms with van der Waals surface area (Å²) in [6.45, 7) is 3.90. The highest BCUT2D eigenvalue weighted by Gasteiger charge is 2.23. The molecule has 0 fully saturated rings. The molecular weight excluding hydrogens is 374 g/mol. The van der Waals surface area contributed by atoms with Crippen LogP contribution in [0.5, 0.6) is 11.5 Å². The number of hydrogen-bond donors (Lipinski definition) is 1. The Morgan fingerprint density at radius 3 is 2.71 bits per heavy atom. The zero-order chi connectivity index (χ0) is 20.1. The monoisotopic (exact) mass is 400 g/mol. The second-order valence-corrected chi connectivity index (χ2v) is 7.69. The fraction of sp³-hybridized carbons (Fsp3) is 0.333. The molecule has 148 valence electrons. The van der Waals surface area contributed by atoms with E-state index in [9.17, 15) is 4.79 Å². The quantitative estimate of drug-likeness (QED) is 0.631. The molecule has 7 heteroatoms. The van der Waals surface area contributed by atoms with Crippen LogP contribution in [0.15, 0.2) is 42.5 Å². The number of thiazole rings is 1. The molecule has 0 aliphatic carbocycles. The van der Waals surface area contributed by atoms with Crippen molar-refractivity contribution in [2.75, 3.05) is 45.8 Å². The number of hydrogen-bond acceptors (Lipinski definition) is 5. The second-order valence-electron chi connectivity index (χ2n) is 6.68. The van der Waals surface area contributed by atoms with Crippen LogP contribution in [0.3, 0.4) is 0 Å². The summed E-state index contributed by atoms with van der Waals surface area (Å²) < 4.78 is 12.0. The third-order valence-corrected chi connectivity index (χ3v) is 5.34. The second kappa shape index (κ2) is 9.03. The Kier molecular flexibility index (Phi) is 6.49. The smallest absolute Gasteiger partial charge is 0.260 e. The van der Waals surface area contributed by atoms with Gasteiger partial charge in [-0.3, -0.25) is 9.69 Å². The Morgan fingerprint density at radius 1 is 1.21 bits per heavy atom. The van der Waals surface area contributed by atoms with Crippen molar-refractivity contribution in [2.24, 2.45) is 0 Å². The van der Waals surface area contributed by atoms with Gasteiger partial charge in [0.2, 0.25) is 0 Å². The third kappa shape index (κ3) is 4.43. The summed E-state index contributed by atoms with van der Waals surface area (Å²) in [4.78, 5) is 21.1. The first kappa shape index (κ1) is 20.1. The van der Waals surface area contributed by atoms with Crippen LogP contribution in [0.1, 0.15) is 17.3 Å². The largest absolute Gasteiger partial charge is 0.497 e. The highest BCUT2D eigenvalue weighted by Crippen LogP contribution is 2.34. The van der Waals surface area contributed by atoms with E-state index < -0.39 is 0 Å². The van der Waals surface area contributed by atoms with Gasteiger partial charge in [-0.1, -0.05) is 23.5 Å². The number of carbonyl (C=O) groups excluding carboxylic acids is 1. The van der Waals surface area contributed by atoms with Crippen LogP contribution in [-0.2, 0) is 0 Å². The summed E-state index contributed by atoms with van der Waals surface area (Å²) in [5.41, 5.74) is 1.38. The van der Waals surface area contributed by atoms with E-state index in [2.05, 4.69) is 14.1 Å². The zero-order valence-corrected chi connectivity index (χ0v) is 17.5. The van der Waals surface area contributed by atoms with Gasteiger partial charge >= 0.3 is 0 Å². The molecule has 6 nitrogen and oxygen atoms in total. The molecule has 1 N–H and O–H groups in total. The molecular formula is C21H26N3O3S+. The highest BCUT2D eigenvalue weighted by molar-refractivity contribution is 7.22. The number of para-hydroxylation sites is 1. The van der Waals surface area contributed by atoms with Crippen LogP contribution in [0.4, 0.5) is 5.13 Å². The number of carbonyl (C=O) groups is 1. The zero-order valence-electron chi connectivity index (χ0n) is 16.7. The van der Waals surface area contributed by atoms with Crippen LogP contribution < -0.4 is 19.3 Å². The first-order chi connectivity index (χ1) is 13.5. The fourth-order valence-electron chi connectivity index (χ4n) is 2.83. The SMILES string of the molecule is CCOc1cccc2sc(N(CC[NH+](C)C)C(=O)c3cccc(OC)c3)nc12. The van der Waals surface area contributed by atoms with Crippen molar-refractivity contribution in [1.29, 1.82) is 0 Å². The highest BCUT2D eigenvalue weighted by atomic mass is 32.1. The van der Waals surface area contributed by atoms with Crippen LogP contribution in [-0.4, -0.2) is 51.8 Å². The van der Waals surface area contributed by atoms with E-state index in [-0.39, 0.29) is 5.91 Å². The van der Waals surface area contributed by atoms with Crippen molar-refractivity contribution >= 4 is 32.6 Å². The predicted molar refractivity (Wildman–Crippen MR) is 113 cm³/mol. The summed E-state index contributed by atoms with van der Waals surface area (Å²) in [6.07, 6.45) is 0. The van der Waals surface area contributed by atoms with E-state index in [4.69, 9.17) is 14.5 Å². The molecule has 1 aromatic heterocycles. The van der Waals surface area contributed by atoms with Crippen molar-refractivity contribution in [1.82, 2.24) is 4.98 Å². The summed E-state index contributed by atoms with van der Waals surface area (Å²) in [6, 6.07) is 13.1. The molecule has 1 amide bonds. The summed E-state index contributed by atoms with van der Waals surface area (Å²) in [5.74, 6) is 1.32. The topological polar surface area (TPSA) is 56.1 Å². The van der Waals surface area contributed by atoms with E-state index >= 15 is 0 Å². The number of anilines is 1. The van der Waals surface area contributed by atoms with Crippen LogP contribution in [0.2, 0.25) is 0 Å². The predicted octanol–water partition coefficient (Wildman–Crippen LogP) is 2.49. The first-order valence-electron chi connectivity index (χ1n) is 9.30. The molecule has 0 aliphatic rings. The van der Waals surface area contributed by atoms with Gasteiger partial charge in [-0.2, -0.15) is 0 Å². The van der Waals surface area contributed by atoms with Crippen LogP contribution in [0.25, 0.3) is 10.2 Å². The van der Waals surface area contributed by atoms with Gasteiger partial charge in [-0.15, -0.1) is 0 Å². The Balaban J connectivity index is 2.00. The summed E-state index contributed by atoms with van der Waals surface area (Å²) >= 11 is 1.50. The Bertz CT molecular complexity index is 955. The fourth-order valence-corrected chi connectivity index (χ4v) is 3.84. The maximum atomic E-state index is 13.3. The van der Waals surface area contributed by atoms with Gasteiger partial charge in [0.25, 0.3) is 5.91 Å². The summed E-state index contributed by atoms with van der Waals surface area (Å²) in [7, 11) is 5.74. The lowest BCUT2D eigenvalue weighted by Crippen LogP contribution is -3.06. The van der Waals surface area contributed by atoms with E-state index in [0.717, 1.165) is 22.5 Å². The molecule has 3 rings (SSSR count). The number of aromatic nitrogens is 1. The minimum absolute atomic E-state index is 0.0860. The Morgan fingerprint density at radius 2 is 2.00 bits per heavy atom. The maximum Gasteiger partial charge on any atom is 0.260 e. The van der Waals surface area contributed by atoms with Gasteiger partial charge in [0.15, 0.2) is 5.13 Å². The molecule has 0 saturated carbocycles. The first-order valence-corrected chi connectivity index (χ1v) is 10.1. The average Bonchev–Trinajstić information content (AvgIpc) is 3.13. The van der Waals surface area contributed by atoms with Crippen molar-refractivity contribution < 1.29 is 19.2 Å². The van der Waals surface area contributed by atoms with E-state index in [1.807, 2.05) is 37.3 Å². The Labute approximate surface area is 169 Å². The van der Waals surface area contributed by atoms with E-state index in [1.165, 1.54) is 16.2 Å². The molecule has 0 aliphatic heterocycles. The normalized spacial score (nSPS) is 11.0. The number of quaternary nitrogens is 1. The molecule has 3 aromatic rings. The average molecular weight is 401 g/mol. The standard InChI is InChI=1S/C21H25N3O3S/c1-5-27-17-10-7-11-18-19(17)22-21(28-18)24(13-12-23(2)3)20(25)15-8-6-9-16(14-15)26-4/h6-11,14H,5,12-13H2,1-4H3/p+1. The molecule has 0 bridgehead atoms. The number of amides is 1. The van der Waals surface area contributed by atoms with E-state index in [0.29, 0.717) is 29.6 Å². The molecule has 0 saturated heterocycles. The number of nitrogens with one attached hydrogen (secondary N) is 1. The molecule has 28 heavy (non-hydrogen) atoms. The molecule has 2 aromatic carbocycles. The molecule has 0 radical (unpaired) electrons. The molecule has 0 spiro atoms. The lowest BCUT2D eigenvalue weighted by Gasteiger charge is -2.21. The summed E-state index contributed by atoms with van der Waals surface area (Å²) in [5, 5.41) is 0.677. The van der Waals surface area contributed by atoms with Gasteiger partial charge < -0.3 is 14.4 Å². The van der Waals surface area contributed by atoms with Crippen LogP contribution in [0, 0.1) is 0 Å². The number of fused-ring (bicyclic) bond motifs is 1. The van der Waals surface area contributed by atoms with Gasteiger partial charge in [0.1, 0.15) is 17.0 Å². The number of nitrogens with zero attached hydrogens (tertiary/aromatic N) is 2. The Hall–Kier alpha value is -2.64. The van der Waals surface area contributed by atoms with Gasteiger partial charge in [0, 0.05) is 5.56 Å². The molecule has 0 unspecified atom stereocenters. The molecule has 1 heterocycles. The lowest BCUT2D eigenvalue weighted by molar-refractivity contribution is -0.856. The van der Waals surface area contributed by atoms with Crippen molar-refractivity contribution in [3.63, 3.8) is 0 Å². The number of methoxy groups -OCH3 is 1. The number of ether oxygens (including phenoxy) is 2. The minimum atomic E-state index is -0.0860. The number of benzene rings is 2. The van der Waals surface area contributed by atoms with E-state index in [1.54, 1.807) is 24.1 Å². The van der Waals surface area contributed by atoms with Crippen molar-refractivity contribution in [3.05, 3.63) is 48.0 Å². The van der Waals surface area contributed by atoms with Crippen molar-refractivity contribution in [2.45, 2.75) is 6.92 Å². The number of likely N-dealkylation sites (N-methyl/N-ethyl adjacent to an activating group) is 1. The molecule has 0 atom stereocenters.